The second-order valence-corrected chi connectivity index (χ2v) is 7.08. The maximum absolute atomic E-state index is 13.3. The zero-order valence-corrected chi connectivity index (χ0v) is 14.9. The minimum Gasteiger partial charge on any atom is -0.376 e. The quantitative estimate of drug-likeness (QED) is 0.752. The molecule has 142 valence electrons. The first-order valence-electron chi connectivity index (χ1n) is 9.32. The van der Waals surface area contributed by atoms with Crippen LogP contribution in [0.15, 0.2) is 24.3 Å². The summed E-state index contributed by atoms with van der Waals surface area (Å²) in [5.41, 5.74) is -0.568. The van der Waals surface area contributed by atoms with E-state index in [0.29, 0.717) is 25.1 Å². The summed E-state index contributed by atoms with van der Waals surface area (Å²) in [7, 11) is 0. The van der Waals surface area contributed by atoms with Gasteiger partial charge in [0.25, 0.3) is 0 Å². The fraction of sp³-hybridized carbons (Fsp3) is 0.579. The number of ether oxygens (including phenoxy) is 1. The van der Waals surface area contributed by atoms with Gasteiger partial charge in [0.05, 0.1) is 6.10 Å². The van der Waals surface area contributed by atoms with Crippen LogP contribution in [0.3, 0.4) is 0 Å². The highest BCUT2D eigenvalue weighted by atomic mass is 19.1. The van der Waals surface area contributed by atoms with Gasteiger partial charge >= 0.3 is 6.03 Å². The van der Waals surface area contributed by atoms with Crippen molar-refractivity contribution in [2.24, 2.45) is 0 Å². The highest BCUT2D eigenvalue weighted by Crippen LogP contribution is 2.29. The summed E-state index contributed by atoms with van der Waals surface area (Å²) in [6.07, 6.45) is 6.03. The number of hydrogen-bond acceptors (Lipinski definition) is 3. The topological polar surface area (TPSA) is 79.5 Å². The molecule has 3 rings (SSSR count). The smallest absolute Gasteiger partial charge is 0.320 e. The third kappa shape index (κ3) is 4.72. The molecular formula is C19H26FN3O3. The minimum atomic E-state index is -0.922. The summed E-state index contributed by atoms with van der Waals surface area (Å²) in [6, 6.07) is 5.18. The number of urea groups is 1. The van der Waals surface area contributed by atoms with Gasteiger partial charge in [-0.1, -0.05) is 25.3 Å². The van der Waals surface area contributed by atoms with Gasteiger partial charge in [0.2, 0.25) is 5.91 Å². The van der Waals surface area contributed by atoms with Gasteiger partial charge in [0.15, 0.2) is 0 Å². The van der Waals surface area contributed by atoms with Crippen molar-refractivity contribution >= 4 is 17.6 Å². The van der Waals surface area contributed by atoms with Crippen molar-refractivity contribution < 1.29 is 18.7 Å². The van der Waals surface area contributed by atoms with Gasteiger partial charge in [0, 0.05) is 18.8 Å². The lowest BCUT2D eigenvalue weighted by Crippen LogP contribution is -2.61. The van der Waals surface area contributed by atoms with E-state index in [4.69, 9.17) is 4.74 Å². The van der Waals surface area contributed by atoms with E-state index >= 15 is 0 Å². The van der Waals surface area contributed by atoms with Crippen molar-refractivity contribution in [3.63, 3.8) is 0 Å². The molecule has 1 aromatic carbocycles. The van der Waals surface area contributed by atoms with Crippen molar-refractivity contribution in [3.8, 4) is 0 Å². The van der Waals surface area contributed by atoms with Crippen LogP contribution in [-0.2, 0) is 9.53 Å². The number of rotatable bonds is 5. The Labute approximate surface area is 152 Å². The highest BCUT2D eigenvalue weighted by molar-refractivity contribution is 5.96. The molecule has 1 atom stereocenters. The molecule has 1 aliphatic carbocycles. The van der Waals surface area contributed by atoms with Crippen LogP contribution in [0.5, 0.6) is 0 Å². The largest absolute Gasteiger partial charge is 0.376 e. The van der Waals surface area contributed by atoms with Crippen LogP contribution in [0, 0.1) is 5.82 Å². The summed E-state index contributed by atoms with van der Waals surface area (Å²) in [6.45, 7) is 1.20. The molecule has 0 unspecified atom stereocenters. The van der Waals surface area contributed by atoms with Crippen molar-refractivity contribution in [2.75, 3.05) is 18.5 Å². The van der Waals surface area contributed by atoms with Crippen molar-refractivity contribution in [1.82, 2.24) is 10.6 Å². The first-order chi connectivity index (χ1) is 12.6. The van der Waals surface area contributed by atoms with Crippen LogP contribution < -0.4 is 16.0 Å². The van der Waals surface area contributed by atoms with E-state index in [0.717, 1.165) is 38.7 Å². The van der Waals surface area contributed by atoms with Crippen LogP contribution in [-0.4, -0.2) is 36.7 Å². The number of carbonyl (C=O) groups is 2. The normalized spacial score (nSPS) is 21.8. The van der Waals surface area contributed by atoms with Crippen LogP contribution in [0.4, 0.5) is 14.9 Å². The number of benzene rings is 1. The molecule has 1 saturated heterocycles. The Morgan fingerprint density at radius 3 is 2.69 bits per heavy atom. The molecule has 3 N–H and O–H groups in total. The number of halogens is 1. The van der Waals surface area contributed by atoms with Crippen molar-refractivity contribution in [3.05, 3.63) is 30.1 Å². The lowest BCUT2D eigenvalue weighted by atomic mass is 9.81. The molecule has 1 saturated carbocycles. The number of amides is 3. The SMILES string of the molecule is O=C(Nc1cccc(F)c1)NC1(C(=O)NC[C@H]2CCCO2)CCCCC1. The molecule has 0 radical (unpaired) electrons. The Morgan fingerprint density at radius 2 is 2.00 bits per heavy atom. The first-order valence-corrected chi connectivity index (χ1v) is 9.32. The van der Waals surface area contributed by atoms with E-state index in [1.807, 2.05) is 0 Å². The average Bonchev–Trinajstić information content (AvgIpc) is 3.14. The van der Waals surface area contributed by atoms with Gasteiger partial charge < -0.3 is 20.7 Å². The summed E-state index contributed by atoms with van der Waals surface area (Å²) in [5, 5.41) is 8.41. The van der Waals surface area contributed by atoms with Gasteiger partial charge in [0.1, 0.15) is 11.4 Å². The van der Waals surface area contributed by atoms with E-state index in [1.165, 1.54) is 18.2 Å². The van der Waals surface area contributed by atoms with Gasteiger partial charge in [-0.2, -0.15) is 0 Å². The molecule has 3 amide bonds. The van der Waals surface area contributed by atoms with E-state index in [-0.39, 0.29) is 12.0 Å². The maximum Gasteiger partial charge on any atom is 0.320 e. The molecule has 6 nitrogen and oxygen atoms in total. The molecule has 2 aliphatic rings. The minimum absolute atomic E-state index is 0.0562. The summed E-state index contributed by atoms with van der Waals surface area (Å²) >= 11 is 0. The standard InChI is InChI=1S/C19H26FN3O3/c20-14-6-4-7-15(12-14)22-18(25)23-19(9-2-1-3-10-19)17(24)21-13-16-8-5-11-26-16/h4,6-7,12,16H,1-3,5,8-11,13H2,(H,21,24)(H2,22,23,25)/t16-/m1/s1. The van der Waals surface area contributed by atoms with Crippen molar-refractivity contribution in [1.29, 1.82) is 0 Å². The lowest BCUT2D eigenvalue weighted by Gasteiger charge is -2.36. The molecule has 1 heterocycles. The fourth-order valence-electron chi connectivity index (χ4n) is 3.69. The molecular weight excluding hydrogens is 337 g/mol. The van der Waals surface area contributed by atoms with Gasteiger partial charge in [-0.3, -0.25) is 4.79 Å². The fourth-order valence-corrected chi connectivity index (χ4v) is 3.69. The molecule has 0 bridgehead atoms. The maximum atomic E-state index is 13.3. The van der Waals surface area contributed by atoms with E-state index in [1.54, 1.807) is 6.07 Å². The predicted octanol–water partition coefficient (Wildman–Crippen LogP) is 2.95. The van der Waals surface area contributed by atoms with Crippen LogP contribution in [0.25, 0.3) is 0 Å². The number of hydrogen-bond donors (Lipinski definition) is 3. The number of nitrogens with one attached hydrogen (secondary N) is 3. The molecule has 0 spiro atoms. The second kappa shape index (κ2) is 8.49. The van der Waals surface area contributed by atoms with Gasteiger partial charge in [-0.15, -0.1) is 0 Å². The van der Waals surface area contributed by atoms with Crippen LogP contribution in [0.1, 0.15) is 44.9 Å². The third-order valence-electron chi connectivity index (χ3n) is 5.09. The van der Waals surface area contributed by atoms with E-state index in [2.05, 4.69) is 16.0 Å². The molecule has 1 aliphatic heterocycles. The molecule has 2 fully saturated rings. The Hall–Kier alpha value is -2.15. The van der Waals surface area contributed by atoms with Gasteiger partial charge in [-0.25, -0.2) is 9.18 Å². The van der Waals surface area contributed by atoms with E-state index in [9.17, 15) is 14.0 Å². The molecule has 0 aromatic heterocycles. The zero-order chi connectivity index (χ0) is 18.4. The van der Waals surface area contributed by atoms with E-state index < -0.39 is 17.4 Å². The van der Waals surface area contributed by atoms with Crippen LogP contribution in [0.2, 0.25) is 0 Å². The second-order valence-electron chi connectivity index (χ2n) is 7.08. The Balaban J connectivity index is 1.62. The molecule has 26 heavy (non-hydrogen) atoms. The van der Waals surface area contributed by atoms with Crippen LogP contribution >= 0.6 is 0 Å². The number of anilines is 1. The summed E-state index contributed by atoms with van der Waals surface area (Å²) < 4.78 is 18.8. The molecule has 7 heteroatoms. The predicted molar refractivity (Wildman–Crippen MR) is 96.4 cm³/mol. The Morgan fingerprint density at radius 1 is 1.19 bits per heavy atom. The highest BCUT2D eigenvalue weighted by Gasteiger charge is 2.41. The number of carbonyl (C=O) groups excluding carboxylic acids is 2. The van der Waals surface area contributed by atoms with Crippen molar-refractivity contribution in [2.45, 2.75) is 56.6 Å². The van der Waals surface area contributed by atoms with Gasteiger partial charge in [-0.05, 0) is 43.9 Å². The first kappa shape index (κ1) is 18.6. The summed E-state index contributed by atoms with van der Waals surface area (Å²) in [4.78, 5) is 25.3. The lowest BCUT2D eigenvalue weighted by molar-refractivity contribution is -0.129. The Kier molecular flexibility index (Phi) is 6.08. The monoisotopic (exact) mass is 363 g/mol. The summed E-state index contributed by atoms with van der Waals surface area (Å²) in [5.74, 6) is -0.591. The zero-order valence-electron chi connectivity index (χ0n) is 14.9. The molecule has 1 aromatic rings. The Bertz CT molecular complexity index is 641. The average molecular weight is 363 g/mol. The third-order valence-corrected chi connectivity index (χ3v) is 5.09.